The molecular weight excluding hydrogens is 329 g/mol. The summed E-state index contributed by atoms with van der Waals surface area (Å²) in [7, 11) is 1.64. The molecule has 0 spiro atoms. The van der Waals surface area contributed by atoms with Gasteiger partial charge >= 0.3 is 0 Å². The molecular formula is C16H22FN5OS. The molecule has 1 aromatic heterocycles. The number of nitrogens with two attached hydrogens (primary N) is 1. The van der Waals surface area contributed by atoms with Gasteiger partial charge in [-0.2, -0.15) is 0 Å². The lowest BCUT2D eigenvalue weighted by Crippen LogP contribution is -2.28. The largest absolute Gasteiger partial charge is 0.341 e. The molecule has 0 saturated carbocycles. The Morgan fingerprint density at radius 3 is 2.58 bits per heavy atom. The Bertz CT molecular complexity index is 725. The predicted octanol–water partition coefficient (Wildman–Crippen LogP) is 2.18. The van der Waals surface area contributed by atoms with E-state index in [-0.39, 0.29) is 29.4 Å². The van der Waals surface area contributed by atoms with E-state index in [1.54, 1.807) is 25.2 Å². The molecule has 0 unspecified atom stereocenters. The van der Waals surface area contributed by atoms with Crippen LogP contribution in [0.25, 0.3) is 0 Å². The second kappa shape index (κ2) is 7.21. The van der Waals surface area contributed by atoms with Gasteiger partial charge in [-0.1, -0.05) is 50.7 Å². The van der Waals surface area contributed by atoms with E-state index in [9.17, 15) is 9.18 Å². The first-order valence-corrected chi connectivity index (χ1v) is 8.50. The van der Waals surface area contributed by atoms with Crippen LogP contribution in [0.5, 0.6) is 0 Å². The fraction of sp³-hybridized carbons (Fsp3) is 0.438. The van der Waals surface area contributed by atoms with Crippen molar-refractivity contribution in [3.8, 4) is 0 Å². The summed E-state index contributed by atoms with van der Waals surface area (Å²) in [6, 6.07) is 6.42. The topological polar surface area (TPSA) is 77.0 Å². The number of aromatic nitrogens is 3. The maximum Gasteiger partial charge on any atom is 0.233 e. The number of rotatable bonds is 5. The number of nitrogen functional groups attached to an aromatic ring is 1. The van der Waals surface area contributed by atoms with Crippen LogP contribution in [0.4, 0.5) is 4.39 Å². The minimum absolute atomic E-state index is 0.136. The predicted molar refractivity (Wildman–Crippen MR) is 92.5 cm³/mol. The Morgan fingerprint density at radius 1 is 1.33 bits per heavy atom. The molecule has 6 nitrogen and oxygen atoms in total. The number of thioether (sulfide) groups is 1. The third kappa shape index (κ3) is 4.25. The molecule has 1 amide bonds. The third-order valence-corrected chi connectivity index (χ3v) is 4.38. The smallest absolute Gasteiger partial charge is 0.233 e. The summed E-state index contributed by atoms with van der Waals surface area (Å²) >= 11 is 1.21. The number of carbonyl (C=O) groups excluding carboxylic acids is 1. The molecule has 24 heavy (non-hydrogen) atoms. The Morgan fingerprint density at radius 2 is 2.00 bits per heavy atom. The number of hydrogen-bond acceptors (Lipinski definition) is 5. The molecule has 8 heteroatoms. The summed E-state index contributed by atoms with van der Waals surface area (Å²) < 4.78 is 15.1. The first-order valence-electron chi connectivity index (χ1n) is 7.51. The van der Waals surface area contributed by atoms with Gasteiger partial charge in [0.25, 0.3) is 0 Å². The molecule has 130 valence electrons. The highest BCUT2D eigenvalue weighted by Crippen LogP contribution is 2.23. The van der Waals surface area contributed by atoms with E-state index in [2.05, 4.69) is 10.2 Å². The number of carbonyl (C=O) groups is 1. The molecule has 1 heterocycles. The monoisotopic (exact) mass is 351 g/mol. The van der Waals surface area contributed by atoms with Crippen molar-refractivity contribution >= 4 is 17.7 Å². The van der Waals surface area contributed by atoms with Gasteiger partial charge in [0.05, 0.1) is 5.75 Å². The van der Waals surface area contributed by atoms with E-state index in [1.165, 1.54) is 27.4 Å². The molecule has 0 atom stereocenters. The zero-order valence-electron chi connectivity index (χ0n) is 14.3. The minimum Gasteiger partial charge on any atom is -0.341 e. The standard InChI is InChI=1S/C16H22FN5OS/c1-16(2,3)14-19-20-15(22(14)18)24-10-13(23)21(4)9-11-7-5-6-8-12(11)17/h5-8H,9-10,18H2,1-4H3. The van der Waals surface area contributed by atoms with Crippen molar-refractivity contribution in [2.75, 3.05) is 18.6 Å². The van der Waals surface area contributed by atoms with Crippen molar-refractivity contribution in [3.63, 3.8) is 0 Å². The van der Waals surface area contributed by atoms with Crippen molar-refractivity contribution in [1.82, 2.24) is 19.8 Å². The summed E-state index contributed by atoms with van der Waals surface area (Å²) in [5.74, 6) is 6.35. The summed E-state index contributed by atoms with van der Waals surface area (Å²) in [5.41, 5.74) is 0.252. The zero-order valence-corrected chi connectivity index (χ0v) is 15.1. The van der Waals surface area contributed by atoms with Crippen molar-refractivity contribution in [2.24, 2.45) is 0 Å². The van der Waals surface area contributed by atoms with Crippen LogP contribution in [0.15, 0.2) is 29.4 Å². The second-order valence-corrected chi connectivity index (χ2v) is 7.50. The molecule has 2 rings (SSSR count). The molecule has 0 aliphatic heterocycles. The van der Waals surface area contributed by atoms with Gasteiger partial charge in [0, 0.05) is 24.6 Å². The van der Waals surface area contributed by atoms with Gasteiger partial charge in [-0.15, -0.1) is 10.2 Å². The summed E-state index contributed by atoms with van der Waals surface area (Å²) in [6.45, 7) is 6.18. The number of hydrogen-bond donors (Lipinski definition) is 1. The SMILES string of the molecule is CN(Cc1ccccc1F)C(=O)CSc1nnc(C(C)(C)C)n1N. The fourth-order valence-electron chi connectivity index (χ4n) is 2.09. The van der Waals surface area contributed by atoms with E-state index in [0.29, 0.717) is 16.5 Å². The van der Waals surface area contributed by atoms with Gasteiger partial charge in [0.15, 0.2) is 5.82 Å². The van der Waals surface area contributed by atoms with Crippen LogP contribution in [-0.2, 0) is 16.8 Å². The fourth-order valence-corrected chi connectivity index (χ4v) is 2.89. The molecule has 0 saturated heterocycles. The molecule has 2 N–H and O–H groups in total. The highest BCUT2D eigenvalue weighted by atomic mass is 32.2. The van der Waals surface area contributed by atoms with E-state index < -0.39 is 0 Å². The number of nitrogens with zero attached hydrogens (tertiary/aromatic N) is 4. The van der Waals surface area contributed by atoms with Crippen LogP contribution in [0.1, 0.15) is 32.2 Å². The molecule has 0 aliphatic carbocycles. The quantitative estimate of drug-likeness (QED) is 0.660. The number of benzene rings is 1. The van der Waals surface area contributed by atoms with Crippen LogP contribution in [-0.4, -0.2) is 38.5 Å². The third-order valence-electron chi connectivity index (χ3n) is 3.45. The van der Waals surface area contributed by atoms with Gasteiger partial charge in [0.2, 0.25) is 11.1 Å². The first kappa shape index (κ1) is 18.3. The van der Waals surface area contributed by atoms with Gasteiger partial charge in [0.1, 0.15) is 5.82 Å². The molecule has 2 aromatic rings. The Kier molecular flexibility index (Phi) is 5.48. The normalized spacial score (nSPS) is 11.5. The van der Waals surface area contributed by atoms with Gasteiger partial charge in [-0.3, -0.25) is 4.79 Å². The van der Waals surface area contributed by atoms with E-state index in [0.717, 1.165) is 0 Å². The first-order chi connectivity index (χ1) is 11.2. The Hall–Kier alpha value is -2.09. The zero-order chi connectivity index (χ0) is 17.9. The maximum absolute atomic E-state index is 13.7. The summed E-state index contributed by atoms with van der Waals surface area (Å²) in [6.07, 6.45) is 0. The average Bonchev–Trinajstić information content (AvgIpc) is 2.88. The average molecular weight is 351 g/mol. The maximum atomic E-state index is 13.7. The highest BCUT2D eigenvalue weighted by molar-refractivity contribution is 7.99. The number of halogens is 1. The van der Waals surface area contributed by atoms with E-state index in [1.807, 2.05) is 20.8 Å². The minimum atomic E-state index is -0.318. The van der Waals surface area contributed by atoms with Crippen molar-refractivity contribution < 1.29 is 9.18 Å². The molecule has 1 aromatic carbocycles. The lowest BCUT2D eigenvalue weighted by atomic mass is 9.96. The van der Waals surface area contributed by atoms with Crippen molar-refractivity contribution in [1.29, 1.82) is 0 Å². The van der Waals surface area contributed by atoms with E-state index in [4.69, 9.17) is 5.84 Å². The Labute approximate surface area is 145 Å². The van der Waals surface area contributed by atoms with Crippen LogP contribution in [0, 0.1) is 5.82 Å². The Balaban J connectivity index is 1.96. The molecule has 0 fully saturated rings. The second-order valence-electron chi connectivity index (χ2n) is 6.56. The van der Waals surface area contributed by atoms with Gasteiger partial charge in [-0.25, -0.2) is 9.07 Å². The van der Waals surface area contributed by atoms with Crippen LogP contribution in [0.2, 0.25) is 0 Å². The molecule has 0 aliphatic rings. The van der Waals surface area contributed by atoms with Crippen LogP contribution in [0.3, 0.4) is 0 Å². The van der Waals surface area contributed by atoms with Crippen LogP contribution >= 0.6 is 11.8 Å². The van der Waals surface area contributed by atoms with Crippen molar-refractivity contribution in [2.45, 2.75) is 37.9 Å². The highest BCUT2D eigenvalue weighted by Gasteiger charge is 2.23. The van der Waals surface area contributed by atoms with Gasteiger partial charge < -0.3 is 10.7 Å². The lowest BCUT2D eigenvalue weighted by molar-refractivity contribution is -0.127. The summed E-state index contributed by atoms with van der Waals surface area (Å²) in [5, 5.41) is 8.59. The van der Waals surface area contributed by atoms with E-state index >= 15 is 0 Å². The summed E-state index contributed by atoms with van der Waals surface area (Å²) in [4.78, 5) is 13.7. The molecule has 0 bridgehead atoms. The lowest BCUT2D eigenvalue weighted by Gasteiger charge is -2.18. The molecule has 0 radical (unpaired) electrons. The van der Waals surface area contributed by atoms with Crippen LogP contribution < -0.4 is 5.84 Å². The van der Waals surface area contributed by atoms with Crippen molar-refractivity contribution in [3.05, 3.63) is 41.5 Å². The van der Waals surface area contributed by atoms with Gasteiger partial charge in [-0.05, 0) is 6.07 Å². The number of amides is 1.